The number of nitrogens with one attached hydrogen (secondary N) is 2. The Labute approximate surface area is 227 Å². The summed E-state index contributed by atoms with van der Waals surface area (Å²) in [7, 11) is 0. The normalized spacial score (nSPS) is 16.6. The minimum Gasteiger partial charge on any atom is -0.389 e. The van der Waals surface area contributed by atoms with Crippen molar-refractivity contribution in [3.8, 4) is 10.4 Å². The third kappa shape index (κ3) is 8.07. The van der Waals surface area contributed by atoms with Gasteiger partial charge in [-0.1, -0.05) is 0 Å². The summed E-state index contributed by atoms with van der Waals surface area (Å²) in [5.41, 5.74) is -3.68. The molecular formula is C25H32F5N5O3S. The molecule has 0 saturated carbocycles. The van der Waals surface area contributed by atoms with Gasteiger partial charge in [0.15, 0.2) is 5.01 Å². The number of aliphatic hydroxyl groups is 1. The van der Waals surface area contributed by atoms with Gasteiger partial charge in [0.1, 0.15) is 11.5 Å². The summed E-state index contributed by atoms with van der Waals surface area (Å²) in [5.74, 6) is -1.42. The van der Waals surface area contributed by atoms with E-state index in [2.05, 4.69) is 20.6 Å². The molecule has 2 aromatic rings. The van der Waals surface area contributed by atoms with Crippen LogP contribution in [0, 0.1) is 0 Å². The summed E-state index contributed by atoms with van der Waals surface area (Å²) < 4.78 is 67.3. The zero-order valence-corrected chi connectivity index (χ0v) is 23.1. The molecule has 1 saturated heterocycles. The highest BCUT2D eigenvalue weighted by Crippen LogP contribution is 2.39. The van der Waals surface area contributed by atoms with E-state index in [4.69, 9.17) is 0 Å². The number of pyridine rings is 1. The zero-order valence-electron chi connectivity index (χ0n) is 22.2. The van der Waals surface area contributed by atoms with Crippen molar-refractivity contribution in [1.29, 1.82) is 0 Å². The number of alkyl halides is 5. The maximum atomic E-state index is 14.3. The van der Waals surface area contributed by atoms with Gasteiger partial charge in [-0.05, 0) is 53.5 Å². The molecule has 3 rings (SSSR count). The average Bonchev–Trinajstić information content (AvgIpc) is 3.41. The van der Waals surface area contributed by atoms with Crippen LogP contribution in [0.25, 0.3) is 10.4 Å². The number of hydrogen-bond donors (Lipinski definition) is 3. The molecule has 0 spiro atoms. The third-order valence-corrected chi connectivity index (χ3v) is 7.13. The highest BCUT2D eigenvalue weighted by atomic mass is 32.1. The molecule has 0 unspecified atom stereocenters. The minimum atomic E-state index is -4.49. The van der Waals surface area contributed by atoms with E-state index in [-0.39, 0.29) is 39.5 Å². The van der Waals surface area contributed by atoms with Crippen LogP contribution < -0.4 is 10.6 Å². The number of amides is 2. The number of hydrogen-bond acceptors (Lipinski definition) is 7. The van der Waals surface area contributed by atoms with Crippen LogP contribution in [0.1, 0.15) is 86.2 Å². The molecule has 39 heavy (non-hydrogen) atoms. The smallest absolute Gasteiger partial charge is 0.389 e. The molecule has 0 bridgehead atoms. The molecule has 1 aliphatic rings. The summed E-state index contributed by atoms with van der Waals surface area (Å²) in [6, 6.07) is 0.827. The first kappa shape index (κ1) is 30.7. The van der Waals surface area contributed by atoms with Crippen LogP contribution in [0.2, 0.25) is 0 Å². The van der Waals surface area contributed by atoms with Crippen LogP contribution in [0.4, 0.5) is 27.8 Å². The van der Waals surface area contributed by atoms with Gasteiger partial charge >= 0.3 is 6.18 Å². The molecule has 0 aliphatic carbocycles. The van der Waals surface area contributed by atoms with E-state index in [9.17, 15) is 36.6 Å². The molecule has 1 aliphatic heterocycles. The first-order valence-corrected chi connectivity index (χ1v) is 13.1. The van der Waals surface area contributed by atoms with Crippen LogP contribution in [0.5, 0.6) is 0 Å². The first-order chi connectivity index (χ1) is 17.9. The van der Waals surface area contributed by atoms with E-state index < -0.39 is 47.5 Å². The van der Waals surface area contributed by atoms with Crippen molar-refractivity contribution >= 4 is 29.0 Å². The van der Waals surface area contributed by atoms with E-state index >= 15 is 0 Å². The lowest BCUT2D eigenvalue weighted by Gasteiger charge is -2.28. The fourth-order valence-electron chi connectivity index (χ4n) is 4.29. The van der Waals surface area contributed by atoms with Gasteiger partial charge in [0.25, 0.3) is 18.2 Å². The second-order valence-electron chi connectivity index (χ2n) is 10.9. The number of likely N-dealkylation sites (tertiary alicyclic amines) is 1. The van der Waals surface area contributed by atoms with Crippen molar-refractivity contribution < 1.29 is 36.6 Å². The fraction of sp³-hybridized carbons (Fsp3) is 0.600. The van der Waals surface area contributed by atoms with Crippen LogP contribution >= 0.6 is 11.3 Å². The van der Waals surface area contributed by atoms with Gasteiger partial charge in [0, 0.05) is 42.0 Å². The van der Waals surface area contributed by atoms with Crippen molar-refractivity contribution in [2.45, 2.75) is 83.7 Å². The van der Waals surface area contributed by atoms with Crippen LogP contribution in [0.15, 0.2) is 12.3 Å². The summed E-state index contributed by atoms with van der Waals surface area (Å²) in [6.07, 6.45) is -6.24. The maximum Gasteiger partial charge on any atom is 0.391 e. The number of carbonyl (C=O) groups excluding carboxylic acids is 2. The monoisotopic (exact) mass is 577 g/mol. The second-order valence-corrected chi connectivity index (χ2v) is 11.9. The molecule has 2 aromatic heterocycles. The van der Waals surface area contributed by atoms with E-state index in [0.717, 1.165) is 36.4 Å². The van der Waals surface area contributed by atoms with Gasteiger partial charge in [0.2, 0.25) is 0 Å². The zero-order chi connectivity index (χ0) is 29.3. The number of nitrogens with zero attached hydrogens (tertiary/aromatic N) is 3. The minimum absolute atomic E-state index is 0.00332. The molecule has 14 heteroatoms. The summed E-state index contributed by atoms with van der Waals surface area (Å²) in [6.45, 7) is 7.68. The van der Waals surface area contributed by atoms with Crippen LogP contribution in [0.3, 0.4) is 0 Å². The van der Waals surface area contributed by atoms with Gasteiger partial charge < -0.3 is 20.6 Å². The van der Waals surface area contributed by atoms with Crippen molar-refractivity contribution in [3.63, 3.8) is 0 Å². The first-order valence-electron chi connectivity index (χ1n) is 12.3. The van der Waals surface area contributed by atoms with E-state index in [1.54, 1.807) is 4.90 Å². The lowest BCUT2D eigenvalue weighted by Crippen LogP contribution is -2.38. The Morgan fingerprint density at radius 2 is 1.90 bits per heavy atom. The number of anilines is 1. The number of aromatic nitrogens is 2. The molecule has 216 valence electrons. The second kappa shape index (κ2) is 11.3. The molecule has 3 heterocycles. The molecule has 1 atom stereocenters. The number of rotatable bonds is 9. The molecule has 3 N–H and O–H groups in total. The predicted octanol–water partition coefficient (Wildman–Crippen LogP) is 5.41. The summed E-state index contributed by atoms with van der Waals surface area (Å²) in [4.78, 5) is 36.0. The van der Waals surface area contributed by atoms with Gasteiger partial charge in [-0.15, -0.1) is 11.3 Å². The van der Waals surface area contributed by atoms with Crippen molar-refractivity contribution in [3.05, 3.63) is 28.5 Å². The quantitative estimate of drug-likeness (QED) is 0.344. The molecule has 0 aromatic carbocycles. The van der Waals surface area contributed by atoms with Gasteiger partial charge in [-0.3, -0.25) is 9.59 Å². The van der Waals surface area contributed by atoms with E-state index in [1.165, 1.54) is 27.7 Å². The Balaban J connectivity index is 2.06. The van der Waals surface area contributed by atoms with Gasteiger partial charge in [0.05, 0.1) is 16.9 Å². The highest BCUT2D eigenvalue weighted by molar-refractivity contribution is 7.17. The number of carbonyl (C=O) groups is 2. The predicted molar refractivity (Wildman–Crippen MR) is 137 cm³/mol. The molecule has 0 radical (unpaired) electrons. The Kier molecular flexibility index (Phi) is 8.90. The van der Waals surface area contributed by atoms with E-state index in [1.807, 2.05) is 6.92 Å². The average molecular weight is 578 g/mol. The van der Waals surface area contributed by atoms with Gasteiger partial charge in [-0.2, -0.15) is 13.2 Å². The lowest BCUT2D eigenvalue weighted by molar-refractivity contribution is -0.142. The maximum absolute atomic E-state index is 14.3. The Hall–Kier alpha value is -2.87. The molecule has 8 nitrogen and oxygen atoms in total. The Bertz CT molecular complexity index is 1210. The standard InChI is InChI=1S/C25H32F5N5O3S/c1-13-7-6-8-35(13)22(37)17-18(39-21(33-17)20(36)32-12-24(4,5)38)15-10-31-16(9-14(15)19(26)27)34-23(2,3)11-25(28,29)30/h9-10,13,19,38H,6-8,11-12H2,1-5H3,(H,31,34)(H,32,36)/t13-/m0/s1. The largest absolute Gasteiger partial charge is 0.391 e. The van der Waals surface area contributed by atoms with Crippen molar-refractivity contribution in [1.82, 2.24) is 20.2 Å². The molecule has 1 fully saturated rings. The fourth-order valence-corrected chi connectivity index (χ4v) is 5.29. The molecule has 2 amide bonds. The van der Waals surface area contributed by atoms with Crippen LogP contribution in [-0.2, 0) is 0 Å². The highest BCUT2D eigenvalue weighted by Gasteiger charge is 2.37. The SMILES string of the molecule is C[C@H]1CCCN1C(=O)c1nc(C(=O)NCC(C)(C)O)sc1-c1cnc(NC(C)(C)CC(F)(F)F)cc1C(F)F. The van der Waals surface area contributed by atoms with Crippen LogP contribution in [-0.4, -0.2) is 68.2 Å². The summed E-state index contributed by atoms with van der Waals surface area (Å²) >= 11 is 0.723. The third-order valence-electron chi connectivity index (χ3n) is 6.04. The lowest BCUT2D eigenvalue weighted by atomic mass is 10.00. The van der Waals surface area contributed by atoms with Gasteiger partial charge in [-0.25, -0.2) is 18.7 Å². The molecular weight excluding hydrogens is 545 g/mol. The number of thiazole rings is 1. The van der Waals surface area contributed by atoms with E-state index in [0.29, 0.717) is 6.54 Å². The van der Waals surface area contributed by atoms with Crippen molar-refractivity contribution in [2.24, 2.45) is 0 Å². The Morgan fingerprint density at radius 1 is 1.23 bits per heavy atom. The Morgan fingerprint density at radius 3 is 2.44 bits per heavy atom. The number of halogens is 5. The topological polar surface area (TPSA) is 107 Å². The van der Waals surface area contributed by atoms with Crippen molar-refractivity contribution in [2.75, 3.05) is 18.4 Å². The summed E-state index contributed by atoms with van der Waals surface area (Å²) in [5, 5.41) is 14.8.